The molecule has 0 aliphatic rings. The molecule has 39 heavy (non-hydrogen) atoms. The van der Waals surface area contributed by atoms with Crippen molar-refractivity contribution in [3.8, 4) is 23.0 Å². The standard InChI is InChI=1S/C31H24O8/c1-36-30(34)24-7-3-5-9-28(24)38-26-13-11-20(16-22(26)18-32)15-21-12-14-27(23(17-21)19-33)39-29-10-6-4-8-25(29)31(35)37-2/h3-14,16-19H,15H2,1-2H3. The zero-order valence-corrected chi connectivity index (χ0v) is 21.2. The van der Waals surface area contributed by atoms with E-state index >= 15 is 0 Å². The lowest BCUT2D eigenvalue weighted by atomic mass is 10.0. The van der Waals surface area contributed by atoms with E-state index in [9.17, 15) is 19.2 Å². The van der Waals surface area contributed by atoms with E-state index in [0.717, 1.165) is 11.1 Å². The van der Waals surface area contributed by atoms with E-state index in [-0.39, 0.29) is 34.1 Å². The summed E-state index contributed by atoms with van der Waals surface area (Å²) in [6, 6.07) is 23.4. The van der Waals surface area contributed by atoms with Gasteiger partial charge in [0, 0.05) is 0 Å². The Bertz CT molecular complexity index is 1420. The molecule has 4 rings (SSSR count). The van der Waals surface area contributed by atoms with Gasteiger partial charge < -0.3 is 18.9 Å². The molecule has 4 aromatic carbocycles. The Labute approximate surface area is 224 Å². The maximum Gasteiger partial charge on any atom is 0.341 e. The van der Waals surface area contributed by atoms with Crippen LogP contribution in [0, 0.1) is 0 Å². The van der Waals surface area contributed by atoms with Crippen LogP contribution in [0.4, 0.5) is 0 Å². The van der Waals surface area contributed by atoms with Crippen LogP contribution in [0.1, 0.15) is 52.6 Å². The second kappa shape index (κ2) is 12.3. The number of carbonyl (C=O) groups is 4. The van der Waals surface area contributed by atoms with Crippen molar-refractivity contribution in [2.45, 2.75) is 6.42 Å². The first-order valence-electron chi connectivity index (χ1n) is 11.8. The van der Waals surface area contributed by atoms with Crippen LogP contribution in [0.25, 0.3) is 0 Å². The summed E-state index contributed by atoms with van der Waals surface area (Å²) >= 11 is 0. The number of para-hydroxylation sites is 2. The molecule has 0 spiro atoms. The number of rotatable bonds is 10. The Morgan fingerprint density at radius 3 is 1.38 bits per heavy atom. The Kier molecular flexibility index (Phi) is 8.48. The average molecular weight is 525 g/mol. The van der Waals surface area contributed by atoms with Crippen molar-refractivity contribution in [2.24, 2.45) is 0 Å². The molecule has 4 aromatic rings. The third-order valence-electron chi connectivity index (χ3n) is 5.84. The number of benzene rings is 4. The summed E-state index contributed by atoms with van der Waals surface area (Å²) in [4.78, 5) is 47.8. The number of hydrogen-bond donors (Lipinski definition) is 0. The zero-order chi connectivity index (χ0) is 27.8. The monoisotopic (exact) mass is 524 g/mol. The fraction of sp³-hybridized carbons (Fsp3) is 0.0968. The largest absolute Gasteiger partial charge is 0.465 e. The third kappa shape index (κ3) is 6.19. The number of hydrogen-bond acceptors (Lipinski definition) is 8. The third-order valence-corrected chi connectivity index (χ3v) is 5.84. The molecule has 0 atom stereocenters. The second-order valence-corrected chi connectivity index (χ2v) is 8.34. The molecule has 0 radical (unpaired) electrons. The van der Waals surface area contributed by atoms with E-state index in [2.05, 4.69) is 0 Å². The highest BCUT2D eigenvalue weighted by Crippen LogP contribution is 2.31. The summed E-state index contributed by atoms with van der Waals surface area (Å²) in [5.41, 5.74) is 2.65. The van der Waals surface area contributed by atoms with Crippen LogP contribution in [0.3, 0.4) is 0 Å². The van der Waals surface area contributed by atoms with Crippen molar-refractivity contribution in [1.82, 2.24) is 0 Å². The first-order valence-corrected chi connectivity index (χ1v) is 11.8. The van der Waals surface area contributed by atoms with E-state index in [4.69, 9.17) is 18.9 Å². The summed E-state index contributed by atoms with van der Waals surface area (Å²) < 4.78 is 21.3. The number of carbonyl (C=O) groups excluding carboxylic acids is 4. The molecule has 0 aliphatic heterocycles. The van der Waals surface area contributed by atoms with Gasteiger partial charge in [0.2, 0.25) is 0 Å². The molecule has 0 bridgehead atoms. The predicted molar refractivity (Wildman–Crippen MR) is 142 cm³/mol. The van der Waals surface area contributed by atoms with Gasteiger partial charge in [0.15, 0.2) is 12.6 Å². The molecule has 0 saturated carbocycles. The van der Waals surface area contributed by atoms with Gasteiger partial charge >= 0.3 is 11.9 Å². The van der Waals surface area contributed by atoms with Gasteiger partial charge in [-0.1, -0.05) is 36.4 Å². The van der Waals surface area contributed by atoms with Gasteiger partial charge in [-0.05, 0) is 66.1 Å². The predicted octanol–water partition coefficient (Wildman–Crippen LogP) is 6.06. The van der Waals surface area contributed by atoms with Gasteiger partial charge in [-0.25, -0.2) is 9.59 Å². The first-order chi connectivity index (χ1) is 19.0. The highest BCUT2D eigenvalue weighted by molar-refractivity contribution is 5.93. The van der Waals surface area contributed by atoms with Crippen molar-refractivity contribution in [3.63, 3.8) is 0 Å². The van der Waals surface area contributed by atoms with E-state index in [1.165, 1.54) is 14.2 Å². The first kappa shape index (κ1) is 26.8. The summed E-state index contributed by atoms with van der Waals surface area (Å²) in [6.07, 6.45) is 1.76. The Balaban J connectivity index is 1.56. The minimum atomic E-state index is -0.554. The molecular weight excluding hydrogens is 500 g/mol. The molecule has 196 valence electrons. The molecular formula is C31H24O8. The Morgan fingerprint density at radius 1 is 0.590 bits per heavy atom. The minimum absolute atomic E-state index is 0.235. The highest BCUT2D eigenvalue weighted by Gasteiger charge is 2.16. The molecule has 0 saturated heterocycles. The molecule has 0 unspecified atom stereocenters. The molecule has 0 amide bonds. The summed E-state index contributed by atoms with van der Waals surface area (Å²) in [7, 11) is 2.56. The summed E-state index contributed by atoms with van der Waals surface area (Å²) in [6.45, 7) is 0. The number of methoxy groups -OCH3 is 2. The maximum atomic E-state index is 12.0. The molecule has 0 fully saturated rings. The van der Waals surface area contributed by atoms with Gasteiger partial charge in [0.05, 0.1) is 25.3 Å². The quantitative estimate of drug-likeness (QED) is 0.182. The van der Waals surface area contributed by atoms with Crippen molar-refractivity contribution in [1.29, 1.82) is 0 Å². The number of aldehydes is 2. The van der Waals surface area contributed by atoms with Gasteiger partial charge in [-0.2, -0.15) is 0 Å². The minimum Gasteiger partial charge on any atom is -0.465 e. The van der Waals surface area contributed by atoms with Gasteiger partial charge in [0.25, 0.3) is 0 Å². The van der Waals surface area contributed by atoms with E-state index in [1.54, 1.807) is 84.9 Å². The fourth-order valence-electron chi connectivity index (χ4n) is 3.93. The van der Waals surface area contributed by atoms with Crippen molar-refractivity contribution in [3.05, 3.63) is 118 Å². The second-order valence-electron chi connectivity index (χ2n) is 8.34. The van der Waals surface area contributed by atoms with Crippen LogP contribution in [-0.2, 0) is 15.9 Å². The number of ether oxygens (including phenoxy) is 4. The Hall–Kier alpha value is -5.24. The van der Waals surface area contributed by atoms with E-state index < -0.39 is 11.9 Å². The van der Waals surface area contributed by atoms with Crippen molar-refractivity contribution >= 4 is 24.5 Å². The topological polar surface area (TPSA) is 105 Å². The lowest BCUT2D eigenvalue weighted by Gasteiger charge is -2.14. The summed E-state index contributed by atoms with van der Waals surface area (Å²) in [5.74, 6) is -0.0112. The van der Waals surface area contributed by atoms with Crippen LogP contribution in [0.5, 0.6) is 23.0 Å². The molecule has 8 heteroatoms. The average Bonchev–Trinajstić information content (AvgIpc) is 2.98. The molecule has 0 aliphatic carbocycles. The lowest BCUT2D eigenvalue weighted by Crippen LogP contribution is -2.04. The zero-order valence-electron chi connectivity index (χ0n) is 21.2. The lowest BCUT2D eigenvalue weighted by molar-refractivity contribution is 0.0588. The van der Waals surface area contributed by atoms with E-state index in [1.807, 2.05) is 0 Å². The van der Waals surface area contributed by atoms with Gasteiger partial charge in [0.1, 0.15) is 34.1 Å². The SMILES string of the molecule is COC(=O)c1ccccc1Oc1ccc(Cc2ccc(Oc3ccccc3C(=O)OC)c(C=O)c2)cc1C=O. The van der Waals surface area contributed by atoms with Crippen LogP contribution in [0.2, 0.25) is 0 Å². The van der Waals surface area contributed by atoms with Gasteiger partial charge in [-0.15, -0.1) is 0 Å². The molecule has 0 aromatic heterocycles. The van der Waals surface area contributed by atoms with E-state index in [0.29, 0.717) is 30.1 Å². The van der Waals surface area contributed by atoms with Crippen LogP contribution >= 0.6 is 0 Å². The van der Waals surface area contributed by atoms with Crippen molar-refractivity contribution < 1.29 is 38.1 Å². The normalized spacial score (nSPS) is 10.3. The number of esters is 2. The smallest absolute Gasteiger partial charge is 0.341 e. The van der Waals surface area contributed by atoms with Gasteiger partial charge in [-0.3, -0.25) is 9.59 Å². The molecule has 0 N–H and O–H groups in total. The van der Waals surface area contributed by atoms with Crippen LogP contribution in [0.15, 0.2) is 84.9 Å². The molecule has 0 heterocycles. The van der Waals surface area contributed by atoms with Crippen molar-refractivity contribution in [2.75, 3.05) is 14.2 Å². The maximum absolute atomic E-state index is 12.0. The Morgan fingerprint density at radius 2 is 1.00 bits per heavy atom. The van der Waals surface area contributed by atoms with Crippen LogP contribution in [-0.4, -0.2) is 38.7 Å². The summed E-state index contributed by atoms with van der Waals surface area (Å²) in [5, 5.41) is 0. The fourth-order valence-corrected chi connectivity index (χ4v) is 3.93. The molecule has 8 nitrogen and oxygen atoms in total. The highest BCUT2D eigenvalue weighted by atomic mass is 16.5. The van der Waals surface area contributed by atoms with Crippen LogP contribution < -0.4 is 9.47 Å².